The molecule has 0 saturated carbocycles. The van der Waals surface area contributed by atoms with E-state index in [9.17, 15) is 9.59 Å². The van der Waals surface area contributed by atoms with Gasteiger partial charge in [0.15, 0.2) is 4.84 Å². The third-order valence-electron chi connectivity index (χ3n) is 2.71. The van der Waals surface area contributed by atoms with E-state index in [2.05, 4.69) is 5.32 Å². The second kappa shape index (κ2) is 8.44. The maximum absolute atomic E-state index is 12.2. The third kappa shape index (κ3) is 4.65. The molecule has 22 heavy (non-hydrogen) atoms. The first-order valence-corrected chi connectivity index (χ1v) is 7.63. The summed E-state index contributed by atoms with van der Waals surface area (Å²) in [5.41, 5.74) is 0.310. The van der Waals surface area contributed by atoms with Gasteiger partial charge in [-0.2, -0.15) is 5.26 Å². The highest BCUT2D eigenvalue weighted by Crippen LogP contribution is 2.29. The van der Waals surface area contributed by atoms with Gasteiger partial charge in [-0.3, -0.25) is 14.5 Å². The van der Waals surface area contributed by atoms with Crippen molar-refractivity contribution < 1.29 is 9.59 Å². The zero-order chi connectivity index (χ0) is 16.9. The minimum absolute atomic E-state index is 0.183. The van der Waals surface area contributed by atoms with Crippen molar-refractivity contribution in [2.75, 3.05) is 11.4 Å². The highest BCUT2D eigenvalue weighted by atomic mass is 35.5. The van der Waals surface area contributed by atoms with Crippen molar-refractivity contribution in [2.24, 2.45) is 0 Å². The molecule has 0 fully saturated rings. The first kappa shape index (κ1) is 18.9. The number of hydrogen-bond acceptors (Lipinski definition) is 3. The number of amides is 2. The Morgan fingerprint density at radius 2 is 1.95 bits per heavy atom. The number of carbonyl (C=O) groups is 2. The molecule has 9 heteroatoms. The lowest BCUT2D eigenvalue weighted by Gasteiger charge is -2.29. The van der Waals surface area contributed by atoms with E-state index in [0.717, 1.165) is 4.90 Å². The van der Waals surface area contributed by atoms with Crippen LogP contribution in [0.25, 0.3) is 0 Å². The maximum Gasteiger partial charge on any atom is 0.261 e. The van der Waals surface area contributed by atoms with Crippen molar-refractivity contribution in [2.45, 2.75) is 17.8 Å². The average Bonchev–Trinajstić information content (AvgIpc) is 2.48. The molecule has 1 atom stereocenters. The second-order valence-electron chi connectivity index (χ2n) is 4.16. The summed E-state index contributed by atoms with van der Waals surface area (Å²) in [6.45, 7) is 1.29. The Kier molecular flexibility index (Phi) is 7.24. The zero-order valence-electron chi connectivity index (χ0n) is 11.3. The summed E-state index contributed by atoms with van der Waals surface area (Å²) in [5.74, 6) is -1.23. The van der Waals surface area contributed by atoms with Gasteiger partial charge in [0.05, 0.1) is 16.1 Å². The van der Waals surface area contributed by atoms with Crippen LogP contribution in [0, 0.1) is 11.3 Å². The van der Waals surface area contributed by atoms with Crippen LogP contribution in [0.5, 0.6) is 0 Å². The predicted molar refractivity (Wildman–Crippen MR) is 87.5 cm³/mol. The van der Waals surface area contributed by atoms with Crippen molar-refractivity contribution >= 4 is 63.9 Å². The number of nitrogens with zero attached hydrogens (tertiary/aromatic N) is 2. The van der Waals surface area contributed by atoms with E-state index in [1.54, 1.807) is 6.07 Å². The van der Waals surface area contributed by atoms with E-state index >= 15 is 0 Å². The Hall–Kier alpha value is -1.19. The fraction of sp³-hybridized carbons (Fsp3) is 0.308. The van der Waals surface area contributed by atoms with Gasteiger partial charge in [0, 0.05) is 5.69 Å². The maximum atomic E-state index is 12.2. The lowest BCUT2D eigenvalue weighted by Crippen LogP contribution is -2.50. The Balaban J connectivity index is 3.18. The molecule has 1 unspecified atom stereocenters. The van der Waals surface area contributed by atoms with Crippen molar-refractivity contribution in [3.63, 3.8) is 0 Å². The van der Waals surface area contributed by atoms with Gasteiger partial charge < -0.3 is 5.32 Å². The molecular formula is C13H11Cl4N3O2. The molecule has 1 aromatic carbocycles. The SMILES string of the molecule is CC(C(=O)NCC#N)N(C(=O)C(Cl)Cl)c1ccc(Cl)c(Cl)c1. The molecule has 0 spiro atoms. The largest absolute Gasteiger partial charge is 0.341 e. The van der Waals surface area contributed by atoms with Gasteiger partial charge in [0.2, 0.25) is 5.91 Å². The molecule has 5 nitrogen and oxygen atoms in total. The third-order valence-corrected chi connectivity index (χ3v) is 3.83. The van der Waals surface area contributed by atoms with Gasteiger partial charge in [-0.25, -0.2) is 0 Å². The predicted octanol–water partition coefficient (Wildman–Crippen LogP) is 3.16. The lowest BCUT2D eigenvalue weighted by molar-refractivity contribution is -0.125. The summed E-state index contributed by atoms with van der Waals surface area (Å²) in [5, 5.41) is 11.4. The molecule has 1 rings (SSSR count). The molecule has 0 bridgehead atoms. The van der Waals surface area contributed by atoms with Crippen LogP contribution in [0.3, 0.4) is 0 Å². The number of nitrogens with one attached hydrogen (secondary N) is 1. The van der Waals surface area contributed by atoms with Crippen molar-refractivity contribution in [3.8, 4) is 6.07 Å². The van der Waals surface area contributed by atoms with Crippen molar-refractivity contribution in [1.82, 2.24) is 5.32 Å². The highest BCUT2D eigenvalue weighted by molar-refractivity contribution is 6.54. The van der Waals surface area contributed by atoms with E-state index < -0.39 is 22.7 Å². The molecule has 0 aliphatic carbocycles. The molecule has 0 aromatic heterocycles. The van der Waals surface area contributed by atoms with Crippen LogP contribution >= 0.6 is 46.4 Å². The smallest absolute Gasteiger partial charge is 0.261 e. The van der Waals surface area contributed by atoms with E-state index in [1.807, 2.05) is 0 Å². The number of hydrogen-bond donors (Lipinski definition) is 1. The van der Waals surface area contributed by atoms with Gasteiger partial charge in [0.1, 0.15) is 12.6 Å². The van der Waals surface area contributed by atoms with E-state index in [1.165, 1.54) is 25.1 Å². The van der Waals surface area contributed by atoms with Crippen LogP contribution in [0.1, 0.15) is 6.92 Å². The minimum Gasteiger partial charge on any atom is -0.341 e. The number of nitriles is 1. The van der Waals surface area contributed by atoms with Crippen molar-refractivity contribution in [3.05, 3.63) is 28.2 Å². The normalized spacial score (nSPS) is 11.7. The van der Waals surface area contributed by atoms with Crippen LogP contribution in [-0.4, -0.2) is 29.2 Å². The lowest BCUT2D eigenvalue weighted by atomic mass is 10.2. The fourth-order valence-corrected chi connectivity index (χ4v) is 2.18. The van der Waals surface area contributed by atoms with Crippen LogP contribution in [0.15, 0.2) is 18.2 Å². The molecule has 0 saturated heterocycles. The van der Waals surface area contributed by atoms with Crippen LogP contribution in [-0.2, 0) is 9.59 Å². The molecule has 0 radical (unpaired) electrons. The van der Waals surface area contributed by atoms with Gasteiger partial charge in [-0.15, -0.1) is 0 Å². The van der Waals surface area contributed by atoms with Gasteiger partial charge in [-0.05, 0) is 25.1 Å². The number of halogens is 4. The fourth-order valence-electron chi connectivity index (χ4n) is 1.67. The van der Waals surface area contributed by atoms with E-state index in [4.69, 9.17) is 51.7 Å². The quantitative estimate of drug-likeness (QED) is 0.627. The number of benzene rings is 1. The standard InChI is InChI=1S/C13H11Cl4N3O2/c1-7(12(21)19-5-4-18)20(13(22)11(16)17)8-2-3-9(14)10(15)6-8/h2-3,6-7,11H,5H2,1H3,(H,19,21). The Labute approximate surface area is 147 Å². The Morgan fingerprint density at radius 3 is 2.45 bits per heavy atom. The van der Waals surface area contributed by atoms with Gasteiger partial charge in [-0.1, -0.05) is 46.4 Å². The minimum atomic E-state index is -1.36. The first-order chi connectivity index (χ1) is 10.3. The van der Waals surface area contributed by atoms with E-state index in [-0.39, 0.29) is 11.6 Å². The summed E-state index contributed by atoms with van der Waals surface area (Å²) < 4.78 is 0. The molecule has 1 N–H and O–H groups in total. The highest BCUT2D eigenvalue weighted by Gasteiger charge is 2.30. The van der Waals surface area contributed by atoms with Crippen LogP contribution in [0.2, 0.25) is 10.0 Å². The number of rotatable bonds is 5. The van der Waals surface area contributed by atoms with E-state index in [0.29, 0.717) is 10.7 Å². The zero-order valence-corrected chi connectivity index (χ0v) is 14.3. The molecule has 0 heterocycles. The number of alkyl halides is 2. The summed E-state index contributed by atoms with van der Waals surface area (Å²) >= 11 is 23.0. The topological polar surface area (TPSA) is 73.2 Å². The summed E-state index contributed by atoms with van der Waals surface area (Å²) in [6.07, 6.45) is 0. The van der Waals surface area contributed by atoms with Crippen LogP contribution in [0.4, 0.5) is 5.69 Å². The van der Waals surface area contributed by atoms with Crippen molar-refractivity contribution in [1.29, 1.82) is 5.26 Å². The Bertz CT molecular complexity index is 616. The molecule has 118 valence electrons. The summed E-state index contributed by atoms with van der Waals surface area (Å²) in [7, 11) is 0. The monoisotopic (exact) mass is 381 g/mol. The number of carbonyl (C=O) groups excluding carboxylic acids is 2. The molecule has 0 aliphatic heterocycles. The molecule has 0 aliphatic rings. The van der Waals surface area contributed by atoms with Gasteiger partial charge in [0.25, 0.3) is 5.91 Å². The Morgan fingerprint density at radius 1 is 1.32 bits per heavy atom. The number of anilines is 1. The molecule has 2 amide bonds. The average molecular weight is 383 g/mol. The second-order valence-corrected chi connectivity index (χ2v) is 6.07. The summed E-state index contributed by atoms with van der Waals surface area (Å²) in [6, 6.07) is 5.24. The first-order valence-electron chi connectivity index (χ1n) is 6.00. The van der Waals surface area contributed by atoms with Crippen LogP contribution < -0.4 is 10.2 Å². The summed E-state index contributed by atoms with van der Waals surface area (Å²) in [4.78, 5) is 23.9. The molecule has 1 aromatic rings. The molecular weight excluding hydrogens is 372 g/mol. The van der Waals surface area contributed by atoms with Gasteiger partial charge >= 0.3 is 0 Å².